The monoisotopic (exact) mass is 1110 g/mol. The normalized spacial score (nSPS) is 23.4. The summed E-state index contributed by atoms with van der Waals surface area (Å²) in [5, 5.41) is 17.1. The van der Waals surface area contributed by atoms with Gasteiger partial charge in [-0.25, -0.2) is 0 Å². The summed E-state index contributed by atoms with van der Waals surface area (Å²) in [6.45, 7) is 6.50. The Hall–Kier alpha value is -6.30. The van der Waals surface area contributed by atoms with E-state index in [0.717, 1.165) is 61.6 Å². The molecule has 2 aliphatic carbocycles. The molecule has 0 radical (unpaired) electrons. The summed E-state index contributed by atoms with van der Waals surface area (Å²) in [7, 11) is 3.10. The van der Waals surface area contributed by atoms with Gasteiger partial charge in [-0.05, 0) is 87.3 Å². The van der Waals surface area contributed by atoms with Gasteiger partial charge in [0.25, 0.3) is 0 Å². The average Bonchev–Trinajstić information content (AvgIpc) is 4.43. The van der Waals surface area contributed by atoms with E-state index in [2.05, 4.69) is 38.0 Å². The second kappa shape index (κ2) is 28.9. The van der Waals surface area contributed by atoms with E-state index in [9.17, 15) is 38.4 Å². The van der Waals surface area contributed by atoms with Gasteiger partial charge in [0.2, 0.25) is 35.4 Å². The lowest BCUT2D eigenvalue weighted by atomic mass is 9.92. The fourth-order valence-corrected chi connectivity index (χ4v) is 11.0. The Balaban J connectivity index is 0.861. The maximum Gasteiger partial charge on any atom is 0.243 e. The molecule has 8 rings (SSSR count). The number of amides is 6. The summed E-state index contributed by atoms with van der Waals surface area (Å²) in [4.78, 5) is 114. The number of benzene rings is 2. The van der Waals surface area contributed by atoms with Crippen LogP contribution in [-0.4, -0.2) is 197 Å². The molecule has 0 spiro atoms. The van der Waals surface area contributed by atoms with Crippen LogP contribution in [-0.2, 0) is 70.1 Å². The lowest BCUT2D eigenvalue weighted by Crippen LogP contribution is -2.57. The molecular formula is C58H80N8O14. The van der Waals surface area contributed by atoms with Crippen molar-refractivity contribution in [3.8, 4) is 11.5 Å². The topological polar surface area (TPSA) is 277 Å². The lowest BCUT2D eigenvalue weighted by molar-refractivity contribution is -0.134. The van der Waals surface area contributed by atoms with Crippen LogP contribution in [0.1, 0.15) is 82.8 Å². The Morgan fingerprint density at radius 1 is 0.600 bits per heavy atom. The first kappa shape index (κ1) is 59.8. The van der Waals surface area contributed by atoms with Crippen LogP contribution in [0.2, 0.25) is 0 Å². The van der Waals surface area contributed by atoms with Crippen molar-refractivity contribution >= 4 is 47.0 Å². The first-order chi connectivity index (χ1) is 38.6. The minimum atomic E-state index is -1.11. The summed E-state index contributed by atoms with van der Waals surface area (Å²) >= 11 is 0. The SMILES string of the molecule is COc1ccc(CC(NC(=O)C(C)NC(=O)CN2CCOC(C3OC3C(=O)C(CC3CCCC3)NC(=O)C(Cc3ccc(OC)cc3)NC(=O)C(C)NC(=O)CN3CCOCC3)C2)C(=O)NC(CC2=CCCC2)C(=O)C2CO2)cc1. The van der Waals surface area contributed by atoms with Gasteiger partial charge in [0.15, 0.2) is 11.6 Å². The molecule has 1 saturated carbocycles. The molecule has 436 valence electrons. The third-order valence-electron chi connectivity index (χ3n) is 15.8. The highest BCUT2D eigenvalue weighted by atomic mass is 16.6. The van der Waals surface area contributed by atoms with Crippen molar-refractivity contribution < 1.29 is 66.8 Å². The number of carbonyl (C=O) groups is 8. The van der Waals surface area contributed by atoms with E-state index in [1.165, 1.54) is 6.92 Å². The van der Waals surface area contributed by atoms with Crippen molar-refractivity contribution in [2.75, 3.05) is 79.9 Å². The fraction of sp³-hybridized carbons (Fsp3) is 0.621. The number of morpholine rings is 2. The summed E-state index contributed by atoms with van der Waals surface area (Å²) in [5.41, 5.74) is 2.56. The van der Waals surface area contributed by atoms with Crippen molar-refractivity contribution in [1.29, 1.82) is 0 Å². The number of nitrogens with one attached hydrogen (secondary N) is 6. The van der Waals surface area contributed by atoms with Crippen LogP contribution in [0.5, 0.6) is 11.5 Å². The Kier molecular flexibility index (Phi) is 21.6. The van der Waals surface area contributed by atoms with Crippen molar-refractivity contribution in [2.24, 2.45) is 5.92 Å². The van der Waals surface area contributed by atoms with Gasteiger partial charge in [-0.15, -0.1) is 0 Å². The van der Waals surface area contributed by atoms with Crippen LogP contribution >= 0.6 is 0 Å². The molecule has 2 aromatic carbocycles. The van der Waals surface area contributed by atoms with Gasteiger partial charge in [0.05, 0.1) is 71.9 Å². The largest absolute Gasteiger partial charge is 0.497 e. The van der Waals surface area contributed by atoms with E-state index >= 15 is 0 Å². The second-order valence-electron chi connectivity index (χ2n) is 22.0. The molecular weight excluding hydrogens is 1030 g/mol. The number of ether oxygens (including phenoxy) is 6. The van der Waals surface area contributed by atoms with Gasteiger partial charge in [-0.3, -0.25) is 48.2 Å². The van der Waals surface area contributed by atoms with E-state index < -0.39 is 90.2 Å². The van der Waals surface area contributed by atoms with Gasteiger partial charge < -0.3 is 60.3 Å². The zero-order chi connectivity index (χ0) is 56.7. The predicted molar refractivity (Wildman–Crippen MR) is 291 cm³/mol. The molecule has 10 atom stereocenters. The number of rotatable bonds is 29. The molecule has 0 aromatic heterocycles. The molecule has 4 saturated heterocycles. The Labute approximate surface area is 467 Å². The van der Waals surface area contributed by atoms with Gasteiger partial charge in [0, 0.05) is 39.0 Å². The van der Waals surface area contributed by atoms with Crippen LogP contribution in [0, 0.1) is 5.92 Å². The van der Waals surface area contributed by atoms with Gasteiger partial charge in [0.1, 0.15) is 54.0 Å². The van der Waals surface area contributed by atoms with Gasteiger partial charge in [-0.2, -0.15) is 0 Å². The number of methoxy groups -OCH3 is 2. The molecule has 22 nitrogen and oxygen atoms in total. The van der Waals surface area contributed by atoms with Gasteiger partial charge >= 0.3 is 0 Å². The Morgan fingerprint density at radius 3 is 1.65 bits per heavy atom. The standard InChI is InChI=1S/C58H80N8O14/c1-35(59-49(67)32-65-21-24-77-25-22-65)55(71)64-46(30-40-15-19-42(76-4)20-16-40)58(74)62-44(28-38-11-7-8-12-38)52(70)54-53(80-54)47-31-66(23-26-78-47)33-50(68)60-36(2)56(72)63-45(29-39-13-17-41(75-3)18-14-39)57(73)61-43(51(69)48-34-79-48)27-37-9-5-6-10-37/h9,13-20,35-36,38,43-48,53-54H,5-8,10-12,21-34H2,1-4H3,(H,59,67)(H,60,68)(H,61,73)(H,62,74)(H,63,72)(H,64,71). The number of hydrogen-bond acceptors (Lipinski definition) is 16. The zero-order valence-corrected chi connectivity index (χ0v) is 46.5. The summed E-state index contributed by atoms with van der Waals surface area (Å²) in [5.74, 6) is -2.13. The maximum atomic E-state index is 14.5. The molecule has 6 aliphatic rings. The Bertz CT molecular complexity index is 2510. The number of Topliss-reactive ketones (excluding diaryl/α,β-unsaturated/α-hetero) is 2. The van der Waals surface area contributed by atoms with E-state index in [4.69, 9.17) is 28.4 Å². The highest BCUT2D eigenvalue weighted by Gasteiger charge is 2.53. The lowest BCUT2D eigenvalue weighted by Gasteiger charge is -2.32. The number of nitrogens with zero attached hydrogens (tertiary/aromatic N) is 2. The molecule has 10 unspecified atom stereocenters. The third-order valence-corrected chi connectivity index (χ3v) is 15.8. The molecule has 6 amide bonds. The van der Waals surface area contributed by atoms with Crippen molar-refractivity contribution in [3.63, 3.8) is 0 Å². The first-order valence-electron chi connectivity index (χ1n) is 28.4. The third kappa shape index (κ3) is 17.6. The van der Waals surface area contributed by atoms with Crippen LogP contribution in [0.15, 0.2) is 60.2 Å². The van der Waals surface area contributed by atoms with Crippen LogP contribution < -0.4 is 41.4 Å². The highest BCUT2D eigenvalue weighted by molar-refractivity contribution is 5.98. The summed E-state index contributed by atoms with van der Waals surface area (Å²) in [6.07, 6.45) is 6.93. The van der Waals surface area contributed by atoms with Gasteiger partial charge in [-0.1, -0.05) is 61.6 Å². The van der Waals surface area contributed by atoms with Crippen LogP contribution in [0.3, 0.4) is 0 Å². The van der Waals surface area contributed by atoms with Crippen LogP contribution in [0.25, 0.3) is 0 Å². The fourth-order valence-electron chi connectivity index (χ4n) is 11.0. The maximum absolute atomic E-state index is 14.5. The highest BCUT2D eigenvalue weighted by Crippen LogP contribution is 2.34. The zero-order valence-electron chi connectivity index (χ0n) is 46.5. The summed E-state index contributed by atoms with van der Waals surface area (Å²) < 4.78 is 33.5. The molecule has 80 heavy (non-hydrogen) atoms. The minimum absolute atomic E-state index is 0.0904. The Morgan fingerprint density at radius 2 is 1.12 bits per heavy atom. The van der Waals surface area contributed by atoms with Crippen molar-refractivity contribution in [3.05, 3.63) is 71.3 Å². The molecule has 4 heterocycles. The van der Waals surface area contributed by atoms with E-state index in [0.29, 0.717) is 63.8 Å². The number of hydrogen-bond donors (Lipinski definition) is 6. The number of carbonyl (C=O) groups excluding carboxylic acids is 8. The molecule has 5 fully saturated rings. The van der Waals surface area contributed by atoms with E-state index in [1.807, 2.05) is 9.80 Å². The van der Waals surface area contributed by atoms with E-state index in [-0.39, 0.29) is 62.5 Å². The first-order valence-corrected chi connectivity index (χ1v) is 28.4. The number of ketones is 2. The van der Waals surface area contributed by atoms with Crippen LogP contribution in [0.4, 0.5) is 0 Å². The molecule has 4 aliphatic heterocycles. The molecule has 2 aromatic rings. The molecule has 22 heteroatoms. The van der Waals surface area contributed by atoms with E-state index in [1.54, 1.807) is 69.7 Å². The smallest absolute Gasteiger partial charge is 0.243 e. The second-order valence-corrected chi connectivity index (χ2v) is 22.0. The number of allylic oxidation sites excluding steroid dienone is 1. The summed E-state index contributed by atoms with van der Waals surface area (Å²) in [6, 6.07) is 8.22. The quantitative estimate of drug-likeness (QED) is 0.0487. The molecule has 6 N–H and O–H groups in total. The average molecular weight is 1110 g/mol. The van der Waals surface area contributed by atoms with Crippen molar-refractivity contribution in [2.45, 2.75) is 145 Å². The van der Waals surface area contributed by atoms with Crippen molar-refractivity contribution in [1.82, 2.24) is 41.7 Å². The molecule has 0 bridgehead atoms. The predicted octanol–water partition coefficient (Wildman–Crippen LogP) is 0.856. The minimum Gasteiger partial charge on any atom is -0.497 e. The number of epoxide rings is 2.